The van der Waals surface area contributed by atoms with Gasteiger partial charge in [-0.05, 0) is 68.8 Å². The quantitative estimate of drug-likeness (QED) is 0.574. The molecule has 0 radical (unpaired) electrons. The van der Waals surface area contributed by atoms with E-state index >= 15 is 0 Å². The first kappa shape index (κ1) is 23.5. The number of fused-ring (bicyclic) bond motifs is 4. The van der Waals surface area contributed by atoms with Crippen molar-refractivity contribution in [3.63, 3.8) is 0 Å². The van der Waals surface area contributed by atoms with Crippen LogP contribution in [0.2, 0.25) is 0 Å². The van der Waals surface area contributed by atoms with E-state index in [9.17, 15) is 20.0 Å². The van der Waals surface area contributed by atoms with Gasteiger partial charge in [0.25, 0.3) is 5.91 Å². The van der Waals surface area contributed by atoms with Crippen LogP contribution in [0.5, 0.6) is 11.5 Å². The van der Waals surface area contributed by atoms with E-state index in [0.717, 1.165) is 17.1 Å². The molecule has 3 aromatic rings. The molecule has 5 rings (SSSR count). The topological polar surface area (TPSA) is 105 Å². The third-order valence-electron chi connectivity index (χ3n) is 7.03. The Morgan fingerprint density at radius 1 is 1.14 bits per heavy atom. The molecule has 0 atom stereocenters. The van der Waals surface area contributed by atoms with Crippen molar-refractivity contribution in [3.05, 3.63) is 77.1 Å². The van der Waals surface area contributed by atoms with Gasteiger partial charge < -0.3 is 19.5 Å². The van der Waals surface area contributed by atoms with Crippen LogP contribution >= 0.6 is 0 Å². The predicted octanol–water partition coefficient (Wildman–Crippen LogP) is 4.67. The zero-order chi connectivity index (χ0) is 25.7. The number of hydrogen-bond donors (Lipinski definition) is 1. The van der Waals surface area contributed by atoms with Crippen molar-refractivity contribution in [1.82, 2.24) is 9.47 Å². The van der Waals surface area contributed by atoms with Crippen molar-refractivity contribution in [1.29, 1.82) is 5.26 Å². The standard InChI is InChI=1S/C28H27N3O5.H2/c1-18-16-19(8-10-22(18)35-27(2,3)26(33)34)25(32)30-14-12-28(13-15-30)24-11-9-20(17-29)31(24)21-6-4-5-7-23(21)36-28;/h4-11,16H,12-15H2,1-3H3,(H,33,34);1H. The summed E-state index contributed by atoms with van der Waals surface area (Å²) >= 11 is 0. The summed E-state index contributed by atoms with van der Waals surface area (Å²) in [5.41, 5.74) is 1.56. The maximum absolute atomic E-state index is 13.3. The van der Waals surface area contributed by atoms with Crippen LogP contribution in [0.4, 0.5) is 0 Å². The summed E-state index contributed by atoms with van der Waals surface area (Å²) in [6.45, 7) is 5.76. The Bertz CT molecular complexity index is 1410. The van der Waals surface area contributed by atoms with Gasteiger partial charge in [-0.1, -0.05) is 12.1 Å². The van der Waals surface area contributed by atoms with E-state index in [1.807, 2.05) is 45.9 Å². The summed E-state index contributed by atoms with van der Waals surface area (Å²) in [5.74, 6) is -0.000888. The van der Waals surface area contributed by atoms with Crippen molar-refractivity contribution in [3.8, 4) is 23.3 Å². The van der Waals surface area contributed by atoms with E-state index in [2.05, 4.69) is 6.07 Å². The van der Waals surface area contributed by atoms with Crippen LogP contribution in [0.1, 0.15) is 55.4 Å². The molecule has 1 saturated heterocycles. The lowest BCUT2D eigenvalue weighted by Gasteiger charge is -2.45. The van der Waals surface area contributed by atoms with Gasteiger partial charge >= 0.3 is 5.97 Å². The molecule has 1 amide bonds. The van der Waals surface area contributed by atoms with Crippen LogP contribution in [0.25, 0.3) is 5.69 Å². The summed E-state index contributed by atoms with van der Waals surface area (Å²) in [4.78, 5) is 26.5. The number of amides is 1. The number of hydrogen-bond acceptors (Lipinski definition) is 5. The minimum Gasteiger partial charge on any atom is -0.479 e. The predicted molar refractivity (Wildman–Crippen MR) is 134 cm³/mol. The summed E-state index contributed by atoms with van der Waals surface area (Å²) in [5, 5.41) is 19.0. The highest BCUT2D eigenvalue weighted by Crippen LogP contribution is 2.46. The normalized spacial score (nSPS) is 15.9. The number of benzene rings is 2. The molecule has 36 heavy (non-hydrogen) atoms. The average molecular weight is 488 g/mol. The molecule has 3 heterocycles. The Morgan fingerprint density at radius 3 is 2.53 bits per heavy atom. The van der Waals surface area contributed by atoms with E-state index in [1.165, 1.54) is 13.8 Å². The van der Waals surface area contributed by atoms with Crippen LogP contribution in [-0.2, 0) is 10.4 Å². The minimum atomic E-state index is -1.38. The second-order valence-corrected chi connectivity index (χ2v) is 9.81. The second-order valence-electron chi connectivity index (χ2n) is 9.81. The largest absolute Gasteiger partial charge is 0.479 e. The molecule has 8 nitrogen and oxygen atoms in total. The van der Waals surface area contributed by atoms with Crippen molar-refractivity contribution in [2.45, 2.75) is 44.8 Å². The lowest BCUT2D eigenvalue weighted by atomic mass is 9.86. The average Bonchev–Trinajstić information content (AvgIpc) is 3.31. The molecule has 2 aromatic carbocycles. The van der Waals surface area contributed by atoms with Crippen LogP contribution < -0.4 is 9.47 Å². The first-order valence-electron chi connectivity index (χ1n) is 11.9. The third kappa shape index (κ3) is 3.77. The highest BCUT2D eigenvalue weighted by molar-refractivity contribution is 5.94. The van der Waals surface area contributed by atoms with Gasteiger partial charge in [0.1, 0.15) is 23.3 Å². The summed E-state index contributed by atoms with van der Waals surface area (Å²) in [6, 6.07) is 18.8. The number of rotatable bonds is 4. The highest BCUT2D eigenvalue weighted by atomic mass is 16.5. The SMILES string of the molecule is Cc1cc(C(=O)N2CCC3(CC2)Oc2ccccc2-n2c(C#N)ccc23)ccc1OC(C)(C)C(=O)O.[HH]. The first-order valence-corrected chi connectivity index (χ1v) is 11.9. The molecule has 0 saturated carbocycles. The molecule has 1 fully saturated rings. The number of piperidine rings is 1. The van der Waals surface area contributed by atoms with E-state index in [0.29, 0.717) is 48.5 Å². The van der Waals surface area contributed by atoms with Crippen LogP contribution in [0.15, 0.2) is 54.6 Å². The Balaban J connectivity index is 0.00000320. The Kier molecular flexibility index (Phi) is 5.51. The Hall–Kier alpha value is -4.25. The fourth-order valence-electron chi connectivity index (χ4n) is 4.96. The molecule has 1 spiro atoms. The number of aryl methyl sites for hydroxylation is 1. The van der Waals surface area contributed by atoms with Gasteiger partial charge in [0.15, 0.2) is 11.2 Å². The number of nitrogens with zero attached hydrogens (tertiary/aromatic N) is 3. The van der Waals surface area contributed by atoms with E-state index < -0.39 is 17.2 Å². The van der Waals surface area contributed by atoms with Crippen LogP contribution in [0, 0.1) is 18.3 Å². The number of para-hydroxylation sites is 2. The van der Waals surface area contributed by atoms with E-state index in [1.54, 1.807) is 25.1 Å². The molecule has 186 valence electrons. The molecular formula is C28H29N3O5. The molecule has 8 heteroatoms. The number of likely N-dealkylation sites (tertiary alicyclic amines) is 1. The summed E-state index contributed by atoms with van der Waals surface area (Å²) in [7, 11) is 0. The van der Waals surface area contributed by atoms with Gasteiger partial charge in [-0.25, -0.2) is 4.79 Å². The monoisotopic (exact) mass is 487 g/mol. The number of carbonyl (C=O) groups is 2. The molecule has 0 aliphatic carbocycles. The van der Waals surface area contributed by atoms with E-state index in [4.69, 9.17) is 9.47 Å². The summed E-state index contributed by atoms with van der Waals surface area (Å²) < 4.78 is 14.2. The zero-order valence-corrected chi connectivity index (χ0v) is 20.4. The van der Waals surface area contributed by atoms with Gasteiger partial charge in [-0.3, -0.25) is 9.36 Å². The molecule has 1 aromatic heterocycles. The van der Waals surface area contributed by atoms with Crippen molar-refractivity contribution in [2.24, 2.45) is 0 Å². The van der Waals surface area contributed by atoms with Crippen molar-refractivity contribution >= 4 is 11.9 Å². The molecule has 1 N–H and O–H groups in total. The third-order valence-corrected chi connectivity index (χ3v) is 7.03. The fraction of sp³-hybridized carbons (Fsp3) is 0.321. The molecule has 2 aliphatic rings. The maximum Gasteiger partial charge on any atom is 0.347 e. The van der Waals surface area contributed by atoms with Gasteiger partial charge in [-0.15, -0.1) is 0 Å². The number of carbonyl (C=O) groups excluding carboxylic acids is 1. The lowest BCUT2D eigenvalue weighted by molar-refractivity contribution is -0.152. The Labute approximate surface area is 210 Å². The van der Waals surface area contributed by atoms with Gasteiger partial charge in [0.05, 0.1) is 11.4 Å². The smallest absolute Gasteiger partial charge is 0.347 e. The molecule has 0 unspecified atom stereocenters. The fourth-order valence-corrected chi connectivity index (χ4v) is 4.96. The lowest BCUT2D eigenvalue weighted by Crippen LogP contribution is -2.50. The second kappa shape index (κ2) is 8.45. The van der Waals surface area contributed by atoms with Gasteiger partial charge in [0, 0.05) is 32.9 Å². The van der Waals surface area contributed by atoms with Crippen LogP contribution in [-0.4, -0.2) is 45.1 Å². The van der Waals surface area contributed by atoms with Crippen molar-refractivity contribution < 1.29 is 25.6 Å². The number of carboxylic acids is 1. The molecule has 2 aliphatic heterocycles. The number of nitriles is 1. The maximum atomic E-state index is 13.3. The molecule has 0 bridgehead atoms. The first-order chi connectivity index (χ1) is 17.1. The number of carboxylic acid groups (broad SMARTS) is 1. The van der Waals surface area contributed by atoms with Gasteiger partial charge in [-0.2, -0.15) is 5.26 Å². The highest BCUT2D eigenvalue weighted by Gasteiger charge is 2.45. The number of aromatic nitrogens is 1. The number of aliphatic carboxylic acids is 1. The Morgan fingerprint density at radius 2 is 1.86 bits per heavy atom. The summed E-state index contributed by atoms with van der Waals surface area (Å²) in [6.07, 6.45) is 1.18. The molecular weight excluding hydrogens is 458 g/mol. The van der Waals surface area contributed by atoms with Crippen LogP contribution in [0.3, 0.4) is 0 Å². The minimum absolute atomic E-state index is 0. The van der Waals surface area contributed by atoms with E-state index in [-0.39, 0.29) is 7.33 Å². The number of ether oxygens (including phenoxy) is 2. The van der Waals surface area contributed by atoms with Gasteiger partial charge in [0.2, 0.25) is 0 Å². The van der Waals surface area contributed by atoms with Crippen molar-refractivity contribution in [2.75, 3.05) is 13.1 Å². The zero-order valence-electron chi connectivity index (χ0n) is 20.4.